The van der Waals surface area contributed by atoms with Crippen molar-refractivity contribution in [1.29, 1.82) is 0 Å². The Morgan fingerprint density at radius 1 is 1.10 bits per heavy atom. The molecule has 12 heteroatoms. The van der Waals surface area contributed by atoms with Crippen LogP contribution in [0.3, 0.4) is 0 Å². The molecule has 1 aliphatic carbocycles. The molecule has 1 aromatic heterocycles. The number of benzene rings is 1. The monoisotopic (exact) mass is 686 g/mol. The number of esters is 1. The third kappa shape index (κ3) is 9.09. The van der Waals surface area contributed by atoms with E-state index in [1.54, 1.807) is 46.1 Å². The van der Waals surface area contributed by atoms with Crippen molar-refractivity contribution < 1.29 is 33.3 Å². The van der Waals surface area contributed by atoms with Crippen molar-refractivity contribution in [2.75, 3.05) is 13.7 Å². The number of hydrogen-bond donors (Lipinski definition) is 1. The Morgan fingerprint density at radius 2 is 1.83 bits per heavy atom. The highest BCUT2D eigenvalue weighted by Gasteiger charge is 2.51. The number of rotatable bonds is 11. The van der Waals surface area contributed by atoms with Crippen molar-refractivity contribution in [3.8, 4) is 11.6 Å². The van der Waals surface area contributed by atoms with Crippen LogP contribution in [0.5, 0.6) is 11.6 Å². The Balaban J connectivity index is 1.58. The Morgan fingerprint density at radius 3 is 2.48 bits per heavy atom. The summed E-state index contributed by atoms with van der Waals surface area (Å²) in [6.07, 6.45) is 5.99. The van der Waals surface area contributed by atoms with Crippen LogP contribution in [-0.4, -0.2) is 76.4 Å². The second-order valence-electron chi connectivity index (χ2n) is 15.0. The zero-order valence-electron chi connectivity index (χ0n) is 29.5. The van der Waals surface area contributed by atoms with Crippen LogP contribution in [0.1, 0.15) is 87.0 Å². The average Bonchev–Trinajstić information content (AvgIpc) is 3.57. The van der Waals surface area contributed by atoms with E-state index in [0.717, 1.165) is 38.5 Å². The van der Waals surface area contributed by atoms with E-state index in [4.69, 9.17) is 30.5 Å². The van der Waals surface area contributed by atoms with Gasteiger partial charge in [-0.3, -0.25) is 4.79 Å². The fourth-order valence-electron chi connectivity index (χ4n) is 6.49. The molecule has 2 aliphatic rings. The molecule has 2 fully saturated rings. The van der Waals surface area contributed by atoms with E-state index in [1.807, 2.05) is 33.8 Å². The van der Waals surface area contributed by atoms with Gasteiger partial charge in [0, 0.05) is 12.0 Å². The van der Waals surface area contributed by atoms with Crippen LogP contribution in [0.25, 0.3) is 11.0 Å². The first kappa shape index (κ1) is 37.2. The lowest BCUT2D eigenvalue weighted by Gasteiger charge is -2.36. The third-order valence-corrected chi connectivity index (χ3v) is 9.24. The van der Waals surface area contributed by atoms with E-state index in [-0.39, 0.29) is 29.6 Å². The number of aromatic nitrogens is 2. The van der Waals surface area contributed by atoms with Gasteiger partial charge >= 0.3 is 12.1 Å². The summed E-state index contributed by atoms with van der Waals surface area (Å²) < 4.78 is 23.3. The van der Waals surface area contributed by atoms with Gasteiger partial charge in [-0.1, -0.05) is 45.4 Å². The highest BCUT2D eigenvalue weighted by atomic mass is 35.5. The van der Waals surface area contributed by atoms with Gasteiger partial charge in [0.15, 0.2) is 5.15 Å². The summed E-state index contributed by atoms with van der Waals surface area (Å²) in [6, 6.07) is 3.22. The van der Waals surface area contributed by atoms with Gasteiger partial charge in [0.25, 0.3) is 5.88 Å². The summed E-state index contributed by atoms with van der Waals surface area (Å²) >= 11 is 6.50. The molecular weight excluding hydrogens is 636 g/mol. The lowest BCUT2D eigenvalue weighted by molar-refractivity contribution is -0.165. The van der Waals surface area contributed by atoms with Crippen LogP contribution in [0.15, 0.2) is 30.9 Å². The largest absolute Gasteiger partial charge is 0.497 e. The number of fused-ring (bicyclic) bond motifs is 1. The standard InChI is InChI=1S/C36H51ClN4O7/c1-10-11-12-14-22-15-13-16-26(22)47-34(44)40-29(35(3,4)5)32(42)41-20-27(21(2)28(41)33(43)48-36(6,7)8)46-31-30(37)38-24-18-17-23(45-9)19-25(24)39-31/h10,17-19,21-22,26-29H,1,11-16,20H2,2-9H3,(H,40,44)/t21-,22-,26?,27+,28+,29-/m1/s1. The third-order valence-electron chi connectivity index (χ3n) is 9.00. The van der Waals surface area contributed by atoms with E-state index >= 15 is 0 Å². The maximum absolute atomic E-state index is 14.5. The molecule has 1 saturated heterocycles. The number of likely N-dealkylation sites (tertiary alicyclic amines) is 1. The summed E-state index contributed by atoms with van der Waals surface area (Å²) in [4.78, 5) is 51.9. The van der Waals surface area contributed by atoms with Crippen molar-refractivity contribution in [1.82, 2.24) is 20.2 Å². The first-order chi connectivity index (χ1) is 22.5. The molecular formula is C36H51ClN4O7. The minimum atomic E-state index is -1.00. The molecule has 1 aliphatic heterocycles. The number of ether oxygens (including phenoxy) is 4. The van der Waals surface area contributed by atoms with Gasteiger partial charge in [-0.2, -0.15) is 0 Å². The van der Waals surface area contributed by atoms with E-state index in [1.165, 1.54) is 4.90 Å². The van der Waals surface area contributed by atoms with E-state index in [9.17, 15) is 14.4 Å². The van der Waals surface area contributed by atoms with E-state index < -0.39 is 53.1 Å². The zero-order valence-corrected chi connectivity index (χ0v) is 30.3. The Labute approximate surface area is 289 Å². The number of carbonyl (C=O) groups excluding carboxylic acids is 3. The van der Waals surface area contributed by atoms with Gasteiger partial charge in [-0.15, -0.1) is 6.58 Å². The number of amides is 2. The molecule has 2 heterocycles. The highest BCUT2D eigenvalue weighted by Crippen LogP contribution is 2.36. The molecule has 1 N–H and O–H groups in total. The molecule has 1 aromatic carbocycles. The van der Waals surface area contributed by atoms with Gasteiger partial charge in [0.05, 0.1) is 24.7 Å². The van der Waals surface area contributed by atoms with Crippen molar-refractivity contribution >= 4 is 40.6 Å². The first-order valence-electron chi connectivity index (χ1n) is 16.8. The highest BCUT2D eigenvalue weighted by molar-refractivity contribution is 6.31. The number of halogens is 1. The summed E-state index contributed by atoms with van der Waals surface area (Å²) in [5.41, 5.74) is -0.451. The topological polar surface area (TPSA) is 129 Å². The van der Waals surface area contributed by atoms with Gasteiger partial charge in [0.2, 0.25) is 5.91 Å². The predicted molar refractivity (Wildman–Crippen MR) is 184 cm³/mol. The van der Waals surface area contributed by atoms with Crippen molar-refractivity contribution in [2.45, 2.75) is 117 Å². The molecule has 0 spiro atoms. The lowest BCUT2D eigenvalue weighted by Crippen LogP contribution is -2.58. The Hall–Kier alpha value is -3.60. The Kier molecular flexibility index (Phi) is 11.9. The lowest BCUT2D eigenvalue weighted by atomic mass is 9.85. The van der Waals surface area contributed by atoms with Crippen LogP contribution in [0.4, 0.5) is 4.79 Å². The second-order valence-corrected chi connectivity index (χ2v) is 15.3. The van der Waals surface area contributed by atoms with Crippen molar-refractivity contribution in [3.63, 3.8) is 0 Å². The molecule has 11 nitrogen and oxygen atoms in total. The summed E-state index contributed by atoms with van der Waals surface area (Å²) in [5.74, 6) is -0.595. The number of alkyl carbamates (subject to hydrolysis) is 1. The minimum absolute atomic E-state index is 0.0232. The maximum atomic E-state index is 14.5. The van der Waals surface area contributed by atoms with Crippen molar-refractivity contribution in [2.24, 2.45) is 17.3 Å². The molecule has 0 radical (unpaired) electrons. The quantitative estimate of drug-likeness (QED) is 0.153. The van der Waals surface area contributed by atoms with Crippen LogP contribution in [0.2, 0.25) is 5.15 Å². The number of methoxy groups -OCH3 is 1. The molecule has 264 valence electrons. The van der Waals surface area contributed by atoms with Crippen molar-refractivity contribution in [3.05, 3.63) is 36.0 Å². The maximum Gasteiger partial charge on any atom is 0.408 e. The second kappa shape index (κ2) is 15.3. The van der Waals surface area contributed by atoms with E-state index in [0.29, 0.717) is 16.8 Å². The fourth-order valence-corrected chi connectivity index (χ4v) is 6.67. The van der Waals surface area contributed by atoms with Crippen LogP contribution >= 0.6 is 11.6 Å². The van der Waals surface area contributed by atoms with Gasteiger partial charge in [-0.25, -0.2) is 19.6 Å². The number of nitrogens with zero attached hydrogens (tertiary/aromatic N) is 3. The Bertz CT molecular complexity index is 1490. The number of hydrogen-bond acceptors (Lipinski definition) is 9. The molecule has 6 atom stereocenters. The number of unbranched alkanes of at least 4 members (excludes halogenated alkanes) is 1. The summed E-state index contributed by atoms with van der Waals surface area (Å²) in [5, 5.41) is 2.91. The van der Waals surface area contributed by atoms with Crippen LogP contribution < -0.4 is 14.8 Å². The van der Waals surface area contributed by atoms with Gasteiger partial charge in [-0.05, 0) is 82.8 Å². The molecule has 2 aromatic rings. The van der Waals surface area contributed by atoms with Crippen LogP contribution in [-0.2, 0) is 19.1 Å². The molecule has 48 heavy (non-hydrogen) atoms. The smallest absolute Gasteiger partial charge is 0.408 e. The average molecular weight is 687 g/mol. The SMILES string of the molecule is C=CCCC[C@@H]1CCCC1OC(=O)N[C@H](C(=O)N1C[C@H](Oc2nc3cc(OC)ccc3nc2Cl)[C@@H](C)[C@H]1C(=O)OC(C)(C)C)C(C)(C)C. The first-order valence-corrected chi connectivity index (χ1v) is 17.2. The number of nitrogens with one attached hydrogen (secondary N) is 1. The molecule has 1 saturated carbocycles. The zero-order chi connectivity index (χ0) is 35.4. The van der Waals surface area contributed by atoms with Crippen LogP contribution in [0, 0.1) is 17.3 Å². The molecule has 1 unspecified atom stereocenters. The molecule has 0 bridgehead atoms. The predicted octanol–water partition coefficient (Wildman–Crippen LogP) is 6.89. The fraction of sp³-hybridized carbons (Fsp3) is 0.639. The summed E-state index contributed by atoms with van der Waals surface area (Å²) in [7, 11) is 1.56. The van der Waals surface area contributed by atoms with Gasteiger partial charge < -0.3 is 29.2 Å². The minimum Gasteiger partial charge on any atom is -0.497 e. The normalized spacial score (nSPS) is 23.4. The summed E-state index contributed by atoms with van der Waals surface area (Å²) in [6.45, 7) is 16.5. The molecule has 4 rings (SSSR count). The molecule has 2 amide bonds. The van der Waals surface area contributed by atoms with E-state index in [2.05, 4.69) is 21.9 Å². The number of allylic oxidation sites excluding steroid dienone is 1. The number of carbonyl (C=O) groups is 3. The van der Waals surface area contributed by atoms with Gasteiger partial charge in [0.1, 0.15) is 35.6 Å².